The average molecular weight is 919 g/mol. The molecule has 0 aromatic heterocycles. The molecular formula is C61H123NO3. The molecule has 0 aromatic rings. The normalized spacial score (nSPS) is 12.6. The number of aliphatic hydroxyl groups excluding tert-OH is 2. The summed E-state index contributed by atoms with van der Waals surface area (Å²) in [6.45, 7) is 4.41. The Hall–Kier alpha value is -0.610. The number of carbonyl (C=O) groups is 1. The lowest BCUT2D eigenvalue weighted by Gasteiger charge is -2.22. The third kappa shape index (κ3) is 54.2. The second-order valence-corrected chi connectivity index (χ2v) is 21.5. The summed E-state index contributed by atoms with van der Waals surface area (Å²) in [6, 6.07) is -0.532. The van der Waals surface area contributed by atoms with Crippen LogP contribution in [0.3, 0.4) is 0 Å². The molecule has 0 bridgehead atoms. The number of nitrogens with one attached hydrogen (secondary N) is 1. The Labute approximate surface area is 410 Å². The second kappa shape index (κ2) is 57.7. The van der Waals surface area contributed by atoms with E-state index in [1.165, 1.54) is 315 Å². The molecule has 4 heteroatoms. The predicted molar refractivity (Wildman–Crippen MR) is 290 cm³/mol. The molecule has 0 aliphatic carbocycles. The molecule has 2 unspecified atom stereocenters. The van der Waals surface area contributed by atoms with Crippen molar-refractivity contribution in [3.05, 3.63) is 0 Å². The number of amides is 1. The zero-order valence-corrected chi connectivity index (χ0v) is 45.1. The summed E-state index contributed by atoms with van der Waals surface area (Å²) in [5, 5.41) is 23.4. The third-order valence-electron chi connectivity index (χ3n) is 14.9. The maximum atomic E-state index is 12.5. The van der Waals surface area contributed by atoms with Crippen molar-refractivity contribution in [2.24, 2.45) is 0 Å². The molecule has 0 aromatic carbocycles. The zero-order valence-electron chi connectivity index (χ0n) is 45.1. The van der Waals surface area contributed by atoms with Gasteiger partial charge in [0.25, 0.3) is 0 Å². The monoisotopic (exact) mass is 918 g/mol. The van der Waals surface area contributed by atoms with E-state index in [-0.39, 0.29) is 12.5 Å². The number of hydrogen-bond acceptors (Lipinski definition) is 3. The van der Waals surface area contributed by atoms with Crippen LogP contribution in [0.1, 0.15) is 367 Å². The quantitative estimate of drug-likeness (QED) is 0.0533. The molecule has 0 rings (SSSR count). The van der Waals surface area contributed by atoms with E-state index in [0.717, 1.165) is 25.7 Å². The van der Waals surface area contributed by atoms with E-state index in [1.807, 2.05) is 0 Å². The first kappa shape index (κ1) is 64.4. The molecule has 0 spiro atoms. The maximum absolute atomic E-state index is 12.5. The third-order valence-corrected chi connectivity index (χ3v) is 14.9. The van der Waals surface area contributed by atoms with Gasteiger partial charge in [-0.1, -0.05) is 348 Å². The highest BCUT2D eigenvalue weighted by Crippen LogP contribution is 2.19. The van der Waals surface area contributed by atoms with E-state index < -0.39 is 12.1 Å². The minimum atomic E-state index is -0.655. The van der Waals surface area contributed by atoms with Crippen LogP contribution in [0.5, 0.6) is 0 Å². The summed E-state index contributed by atoms with van der Waals surface area (Å²) in [6.07, 6.45) is 74.1. The number of aliphatic hydroxyl groups is 2. The first-order valence-electron chi connectivity index (χ1n) is 30.7. The molecule has 0 fully saturated rings. The Morgan fingerprint density at radius 1 is 0.308 bits per heavy atom. The van der Waals surface area contributed by atoms with Crippen molar-refractivity contribution >= 4 is 5.91 Å². The summed E-state index contributed by atoms with van der Waals surface area (Å²) in [5.41, 5.74) is 0. The Bertz CT molecular complexity index is 864. The Balaban J connectivity index is 3.38. The molecule has 0 saturated carbocycles. The van der Waals surface area contributed by atoms with Crippen LogP contribution in [0.4, 0.5) is 0 Å². The fourth-order valence-corrected chi connectivity index (χ4v) is 10.2. The van der Waals surface area contributed by atoms with Gasteiger partial charge in [0, 0.05) is 6.42 Å². The minimum Gasteiger partial charge on any atom is -0.394 e. The van der Waals surface area contributed by atoms with Gasteiger partial charge in [0.15, 0.2) is 0 Å². The van der Waals surface area contributed by atoms with Crippen molar-refractivity contribution < 1.29 is 15.0 Å². The number of hydrogen-bond donors (Lipinski definition) is 3. The van der Waals surface area contributed by atoms with Crippen LogP contribution in [-0.2, 0) is 4.79 Å². The predicted octanol–water partition coefficient (Wildman–Crippen LogP) is 20.3. The molecule has 3 N–H and O–H groups in total. The first-order valence-corrected chi connectivity index (χ1v) is 30.7. The summed E-state index contributed by atoms with van der Waals surface area (Å²) in [7, 11) is 0. The lowest BCUT2D eigenvalue weighted by molar-refractivity contribution is -0.123. The van der Waals surface area contributed by atoms with E-state index in [1.54, 1.807) is 0 Å². The molecule has 0 saturated heterocycles. The molecule has 0 radical (unpaired) electrons. The highest BCUT2D eigenvalue weighted by atomic mass is 16.3. The van der Waals surface area contributed by atoms with Gasteiger partial charge in [0.2, 0.25) is 5.91 Å². The number of unbranched alkanes of at least 4 members (excludes halogenated alkanes) is 51. The second-order valence-electron chi connectivity index (χ2n) is 21.5. The van der Waals surface area contributed by atoms with Crippen molar-refractivity contribution in [2.75, 3.05) is 6.61 Å². The van der Waals surface area contributed by atoms with Gasteiger partial charge >= 0.3 is 0 Å². The highest BCUT2D eigenvalue weighted by Gasteiger charge is 2.20. The van der Waals surface area contributed by atoms with Crippen molar-refractivity contribution in [1.82, 2.24) is 5.32 Å². The molecule has 390 valence electrons. The molecule has 0 aliphatic heterocycles. The molecule has 0 heterocycles. The van der Waals surface area contributed by atoms with E-state index in [0.29, 0.717) is 12.8 Å². The van der Waals surface area contributed by atoms with Crippen molar-refractivity contribution in [3.63, 3.8) is 0 Å². The van der Waals surface area contributed by atoms with Gasteiger partial charge in [-0.05, 0) is 12.8 Å². The van der Waals surface area contributed by atoms with Crippen LogP contribution in [0.15, 0.2) is 0 Å². The Morgan fingerprint density at radius 2 is 0.492 bits per heavy atom. The van der Waals surface area contributed by atoms with Gasteiger partial charge in [-0.2, -0.15) is 0 Å². The van der Waals surface area contributed by atoms with Gasteiger partial charge in [0.1, 0.15) is 0 Å². The summed E-state index contributed by atoms with van der Waals surface area (Å²) in [5.74, 6) is -0.0210. The number of carbonyl (C=O) groups excluding carboxylic acids is 1. The lowest BCUT2D eigenvalue weighted by atomic mass is 10.0. The smallest absolute Gasteiger partial charge is 0.220 e. The SMILES string of the molecule is CCCCCCCCCCCCCCCCCCCCCCCCCCCCCCCCC(O)C(CO)NC(=O)CCCCCCCCCCCCCCCCCCCCCCCCC. The summed E-state index contributed by atoms with van der Waals surface area (Å²) >= 11 is 0. The van der Waals surface area contributed by atoms with Crippen molar-refractivity contribution in [2.45, 2.75) is 379 Å². The van der Waals surface area contributed by atoms with Gasteiger partial charge in [-0.15, -0.1) is 0 Å². The fourth-order valence-electron chi connectivity index (χ4n) is 10.2. The number of rotatable bonds is 58. The molecule has 0 aliphatic rings. The largest absolute Gasteiger partial charge is 0.394 e. The highest BCUT2D eigenvalue weighted by molar-refractivity contribution is 5.76. The Kier molecular flexibility index (Phi) is 57.2. The van der Waals surface area contributed by atoms with Gasteiger partial charge < -0.3 is 15.5 Å². The van der Waals surface area contributed by atoms with Crippen molar-refractivity contribution in [1.29, 1.82) is 0 Å². The molecule has 65 heavy (non-hydrogen) atoms. The molecular weight excluding hydrogens is 795 g/mol. The topological polar surface area (TPSA) is 69.6 Å². The molecule has 2 atom stereocenters. The first-order chi connectivity index (χ1) is 32.2. The van der Waals surface area contributed by atoms with Crippen LogP contribution in [0.2, 0.25) is 0 Å². The lowest BCUT2D eigenvalue weighted by Crippen LogP contribution is -2.45. The zero-order chi connectivity index (χ0) is 47.0. The molecule has 1 amide bonds. The maximum Gasteiger partial charge on any atom is 0.220 e. The van der Waals surface area contributed by atoms with E-state index in [9.17, 15) is 15.0 Å². The van der Waals surface area contributed by atoms with Crippen LogP contribution >= 0.6 is 0 Å². The van der Waals surface area contributed by atoms with Crippen LogP contribution in [-0.4, -0.2) is 34.9 Å². The van der Waals surface area contributed by atoms with Crippen molar-refractivity contribution in [3.8, 4) is 0 Å². The van der Waals surface area contributed by atoms with Gasteiger partial charge in [0.05, 0.1) is 18.8 Å². The fraction of sp³-hybridized carbons (Fsp3) is 0.984. The average Bonchev–Trinajstić information content (AvgIpc) is 3.31. The van der Waals surface area contributed by atoms with Crippen LogP contribution in [0.25, 0.3) is 0 Å². The minimum absolute atomic E-state index is 0.0210. The van der Waals surface area contributed by atoms with Gasteiger partial charge in [-0.3, -0.25) is 4.79 Å². The van der Waals surface area contributed by atoms with Crippen LogP contribution in [0, 0.1) is 0 Å². The van der Waals surface area contributed by atoms with E-state index in [4.69, 9.17) is 0 Å². The van der Waals surface area contributed by atoms with E-state index in [2.05, 4.69) is 19.2 Å². The summed E-state index contributed by atoms with van der Waals surface area (Å²) < 4.78 is 0. The summed E-state index contributed by atoms with van der Waals surface area (Å²) in [4.78, 5) is 12.5. The van der Waals surface area contributed by atoms with Gasteiger partial charge in [-0.25, -0.2) is 0 Å². The van der Waals surface area contributed by atoms with Crippen LogP contribution < -0.4 is 5.32 Å². The van der Waals surface area contributed by atoms with E-state index >= 15 is 0 Å². The molecule has 4 nitrogen and oxygen atoms in total. The Morgan fingerprint density at radius 3 is 0.692 bits per heavy atom. The standard InChI is InChI=1S/C61H123NO3/c1-3-5-7-9-11-13-15-17-19-21-23-25-27-28-29-30-31-32-33-35-36-38-40-42-44-46-48-50-52-54-56-60(64)59(58-63)62-61(65)57-55-53-51-49-47-45-43-41-39-37-34-26-24-22-20-18-16-14-12-10-8-6-4-2/h59-60,63-64H,3-58H2,1-2H3,(H,62,65).